The fourth-order valence-corrected chi connectivity index (χ4v) is 1.81. The smallest absolute Gasteiger partial charge is 0.146 e. The van der Waals surface area contributed by atoms with Gasteiger partial charge in [0.05, 0.1) is 10.6 Å². The van der Waals surface area contributed by atoms with Gasteiger partial charge in [0.25, 0.3) is 0 Å². The lowest BCUT2D eigenvalue weighted by Crippen LogP contribution is -1.89. The van der Waals surface area contributed by atoms with E-state index in [0.29, 0.717) is 27.1 Å². The SMILES string of the molecule is Cc1ccc(Cl)c(Oc2ccc(Cl)cc2C#N)c1. The van der Waals surface area contributed by atoms with Gasteiger partial charge in [-0.3, -0.25) is 0 Å². The number of rotatable bonds is 2. The lowest BCUT2D eigenvalue weighted by Gasteiger charge is -2.09. The van der Waals surface area contributed by atoms with Gasteiger partial charge in [0.15, 0.2) is 0 Å². The first-order chi connectivity index (χ1) is 8.60. The summed E-state index contributed by atoms with van der Waals surface area (Å²) in [6, 6.07) is 12.4. The zero-order chi connectivity index (χ0) is 13.1. The van der Waals surface area contributed by atoms with E-state index in [0.717, 1.165) is 5.56 Å². The Morgan fingerprint density at radius 1 is 1.06 bits per heavy atom. The van der Waals surface area contributed by atoms with Crippen LogP contribution in [0.1, 0.15) is 11.1 Å². The van der Waals surface area contributed by atoms with Crippen molar-refractivity contribution >= 4 is 23.2 Å². The van der Waals surface area contributed by atoms with Gasteiger partial charge in [-0.25, -0.2) is 0 Å². The Labute approximate surface area is 115 Å². The number of ether oxygens (including phenoxy) is 1. The molecule has 0 aliphatic rings. The Balaban J connectivity index is 2.40. The molecule has 0 saturated heterocycles. The summed E-state index contributed by atoms with van der Waals surface area (Å²) in [6.45, 7) is 1.94. The molecule has 2 nitrogen and oxygen atoms in total. The van der Waals surface area contributed by atoms with Crippen molar-refractivity contribution in [3.63, 3.8) is 0 Å². The van der Waals surface area contributed by atoms with Crippen molar-refractivity contribution in [3.8, 4) is 17.6 Å². The van der Waals surface area contributed by atoms with Gasteiger partial charge in [-0.15, -0.1) is 0 Å². The molecule has 2 aromatic carbocycles. The number of nitrogens with zero attached hydrogens (tertiary/aromatic N) is 1. The largest absolute Gasteiger partial charge is 0.454 e. The highest BCUT2D eigenvalue weighted by Gasteiger charge is 2.08. The van der Waals surface area contributed by atoms with E-state index in [1.165, 1.54) is 0 Å². The van der Waals surface area contributed by atoms with Crippen LogP contribution in [-0.2, 0) is 0 Å². The van der Waals surface area contributed by atoms with Crippen LogP contribution in [0.25, 0.3) is 0 Å². The molecule has 2 aromatic rings. The van der Waals surface area contributed by atoms with Crippen LogP contribution in [-0.4, -0.2) is 0 Å². The molecule has 0 atom stereocenters. The monoisotopic (exact) mass is 277 g/mol. The molecule has 2 rings (SSSR count). The first-order valence-electron chi connectivity index (χ1n) is 5.24. The van der Waals surface area contributed by atoms with Crippen LogP contribution >= 0.6 is 23.2 Å². The van der Waals surface area contributed by atoms with E-state index in [4.69, 9.17) is 33.2 Å². The molecule has 0 radical (unpaired) electrons. The predicted octanol–water partition coefficient (Wildman–Crippen LogP) is 4.97. The molecule has 0 unspecified atom stereocenters. The van der Waals surface area contributed by atoms with E-state index in [2.05, 4.69) is 0 Å². The minimum absolute atomic E-state index is 0.375. The Kier molecular flexibility index (Phi) is 3.76. The topological polar surface area (TPSA) is 33.0 Å². The highest BCUT2D eigenvalue weighted by atomic mass is 35.5. The summed E-state index contributed by atoms with van der Waals surface area (Å²) in [5.74, 6) is 0.963. The van der Waals surface area contributed by atoms with E-state index in [1.807, 2.05) is 25.1 Å². The fraction of sp³-hybridized carbons (Fsp3) is 0.0714. The van der Waals surface area contributed by atoms with Gasteiger partial charge < -0.3 is 4.74 Å². The molecule has 0 heterocycles. The second-order valence-electron chi connectivity index (χ2n) is 3.79. The Morgan fingerprint density at radius 2 is 1.83 bits per heavy atom. The van der Waals surface area contributed by atoms with E-state index < -0.39 is 0 Å². The van der Waals surface area contributed by atoms with Crippen LogP contribution in [0.2, 0.25) is 10.0 Å². The molecule has 0 N–H and O–H groups in total. The number of hydrogen-bond acceptors (Lipinski definition) is 2. The molecule has 0 aliphatic carbocycles. The van der Waals surface area contributed by atoms with Crippen molar-refractivity contribution < 1.29 is 4.74 Å². The lowest BCUT2D eigenvalue weighted by molar-refractivity contribution is 0.481. The van der Waals surface area contributed by atoms with Crippen molar-refractivity contribution in [2.45, 2.75) is 6.92 Å². The van der Waals surface area contributed by atoms with Gasteiger partial charge >= 0.3 is 0 Å². The van der Waals surface area contributed by atoms with Crippen molar-refractivity contribution in [2.75, 3.05) is 0 Å². The highest BCUT2D eigenvalue weighted by Crippen LogP contribution is 2.32. The second-order valence-corrected chi connectivity index (χ2v) is 4.63. The molecule has 0 fully saturated rings. The lowest BCUT2D eigenvalue weighted by atomic mass is 10.2. The summed E-state index contributed by atoms with van der Waals surface area (Å²) < 4.78 is 5.65. The van der Waals surface area contributed by atoms with Crippen LogP contribution < -0.4 is 4.74 Å². The first kappa shape index (κ1) is 12.8. The molecule has 0 saturated carbocycles. The fourth-order valence-electron chi connectivity index (χ4n) is 1.49. The Bertz CT molecular complexity index is 632. The van der Waals surface area contributed by atoms with Crippen molar-refractivity contribution in [1.29, 1.82) is 5.26 Å². The van der Waals surface area contributed by atoms with Gasteiger partial charge in [-0.05, 0) is 42.8 Å². The molecule has 4 heteroatoms. The summed E-state index contributed by atoms with van der Waals surface area (Å²) in [7, 11) is 0. The summed E-state index contributed by atoms with van der Waals surface area (Å²) in [5.41, 5.74) is 1.40. The molecular formula is C14H9Cl2NO. The molecule has 18 heavy (non-hydrogen) atoms. The predicted molar refractivity (Wildman–Crippen MR) is 72.4 cm³/mol. The van der Waals surface area contributed by atoms with Gasteiger partial charge in [-0.2, -0.15) is 5.26 Å². The van der Waals surface area contributed by atoms with Crippen LogP contribution in [0.15, 0.2) is 36.4 Å². The van der Waals surface area contributed by atoms with Crippen molar-refractivity contribution in [3.05, 3.63) is 57.6 Å². The molecule has 0 spiro atoms. The number of benzene rings is 2. The third-order valence-corrected chi connectivity index (χ3v) is 2.92. The Morgan fingerprint density at radius 3 is 2.56 bits per heavy atom. The van der Waals surface area contributed by atoms with E-state index in [1.54, 1.807) is 24.3 Å². The minimum atomic E-state index is 0.375. The second kappa shape index (κ2) is 5.30. The third-order valence-electron chi connectivity index (χ3n) is 2.37. The average Bonchev–Trinajstić information content (AvgIpc) is 2.36. The van der Waals surface area contributed by atoms with Gasteiger partial charge in [0.1, 0.15) is 17.6 Å². The van der Waals surface area contributed by atoms with Crippen molar-refractivity contribution in [2.24, 2.45) is 0 Å². The van der Waals surface area contributed by atoms with Gasteiger partial charge in [0, 0.05) is 5.02 Å². The Hall–Kier alpha value is -1.69. The van der Waals surface area contributed by atoms with Gasteiger partial charge in [-0.1, -0.05) is 29.3 Å². The molecule has 0 aromatic heterocycles. The van der Waals surface area contributed by atoms with Gasteiger partial charge in [0.2, 0.25) is 0 Å². The standard InChI is InChI=1S/C14H9Cl2NO/c1-9-2-4-12(16)14(6-9)18-13-5-3-11(15)7-10(13)8-17/h2-7H,1H3. The maximum Gasteiger partial charge on any atom is 0.146 e. The van der Waals surface area contributed by atoms with E-state index in [-0.39, 0.29) is 0 Å². The van der Waals surface area contributed by atoms with E-state index >= 15 is 0 Å². The first-order valence-corrected chi connectivity index (χ1v) is 5.99. The van der Waals surface area contributed by atoms with E-state index in [9.17, 15) is 0 Å². The summed E-state index contributed by atoms with van der Waals surface area (Å²) in [5, 5.41) is 10.0. The summed E-state index contributed by atoms with van der Waals surface area (Å²) >= 11 is 11.9. The molecule has 0 aliphatic heterocycles. The zero-order valence-electron chi connectivity index (χ0n) is 9.58. The molecule has 90 valence electrons. The van der Waals surface area contributed by atoms with Crippen molar-refractivity contribution in [1.82, 2.24) is 0 Å². The van der Waals surface area contributed by atoms with Crippen LogP contribution in [0, 0.1) is 18.3 Å². The number of aryl methyl sites for hydroxylation is 1. The minimum Gasteiger partial charge on any atom is -0.454 e. The summed E-state index contributed by atoms with van der Waals surface area (Å²) in [6.07, 6.45) is 0. The molecular weight excluding hydrogens is 269 g/mol. The van der Waals surface area contributed by atoms with Crippen LogP contribution in [0.4, 0.5) is 0 Å². The number of nitriles is 1. The molecule has 0 bridgehead atoms. The maximum atomic E-state index is 9.02. The van der Waals surface area contributed by atoms with Crippen LogP contribution in [0.3, 0.4) is 0 Å². The number of halogens is 2. The zero-order valence-corrected chi connectivity index (χ0v) is 11.1. The number of hydrogen-bond donors (Lipinski definition) is 0. The normalized spacial score (nSPS) is 9.89. The summed E-state index contributed by atoms with van der Waals surface area (Å²) in [4.78, 5) is 0. The maximum absolute atomic E-state index is 9.02. The quantitative estimate of drug-likeness (QED) is 0.777. The average molecular weight is 278 g/mol. The molecule has 0 amide bonds. The van der Waals surface area contributed by atoms with Crippen LogP contribution in [0.5, 0.6) is 11.5 Å². The highest BCUT2D eigenvalue weighted by molar-refractivity contribution is 6.32. The third kappa shape index (κ3) is 2.76.